The number of nitrogen functional groups attached to an aromatic ring is 1. The molecule has 1 saturated heterocycles. The van der Waals surface area contributed by atoms with Gasteiger partial charge in [-0.15, -0.1) is 0 Å². The summed E-state index contributed by atoms with van der Waals surface area (Å²) in [6, 6.07) is 16.8. The monoisotopic (exact) mass is 347 g/mol. The zero-order valence-corrected chi connectivity index (χ0v) is 15.2. The first-order valence-electron chi connectivity index (χ1n) is 9.27. The molecular formula is C22H25N3O. The van der Waals surface area contributed by atoms with Crippen LogP contribution < -0.4 is 10.5 Å². The Morgan fingerprint density at radius 1 is 1.19 bits per heavy atom. The first-order chi connectivity index (χ1) is 12.7. The summed E-state index contributed by atoms with van der Waals surface area (Å²) < 4.78 is 6.40. The second-order valence-electron chi connectivity index (χ2n) is 7.14. The van der Waals surface area contributed by atoms with Gasteiger partial charge in [-0.25, -0.2) is 4.98 Å². The third kappa shape index (κ3) is 3.65. The standard InChI is InChI=1S/C22H25N3O/c1-16-12-20-18(9-10-24-22(20)23)13-21(16)26-19-8-5-11-25(15-19)14-17-6-3-2-4-7-17/h2-4,6-7,9-10,12-13,19H,5,8,11,14-15H2,1H3,(H2,23,24). The Kier molecular flexibility index (Phi) is 4.76. The average Bonchev–Trinajstić information content (AvgIpc) is 2.64. The van der Waals surface area contributed by atoms with Crippen LogP contribution >= 0.6 is 0 Å². The second-order valence-corrected chi connectivity index (χ2v) is 7.14. The molecule has 4 rings (SSSR count). The molecule has 0 aliphatic carbocycles. The highest BCUT2D eigenvalue weighted by Crippen LogP contribution is 2.29. The van der Waals surface area contributed by atoms with E-state index >= 15 is 0 Å². The maximum absolute atomic E-state index is 6.40. The lowest BCUT2D eigenvalue weighted by molar-refractivity contribution is 0.0839. The van der Waals surface area contributed by atoms with Crippen LogP contribution in [0.25, 0.3) is 10.8 Å². The molecule has 4 nitrogen and oxygen atoms in total. The number of nitrogens with two attached hydrogens (primary N) is 1. The van der Waals surface area contributed by atoms with Gasteiger partial charge in [-0.1, -0.05) is 30.3 Å². The van der Waals surface area contributed by atoms with Crippen LogP contribution in [0.4, 0.5) is 5.82 Å². The maximum Gasteiger partial charge on any atom is 0.131 e. The van der Waals surface area contributed by atoms with E-state index in [-0.39, 0.29) is 6.10 Å². The number of piperidine rings is 1. The third-order valence-electron chi connectivity index (χ3n) is 5.10. The zero-order valence-electron chi connectivity index (χ0n) is 15.2. The summed E-state index contributed by atoms with van der Waals surface area (Å²) in [6.07, 6.45) is 4.24. The number of anilines is 1. The van der Waals surface area contributed by atoms with Gasteiger partial charge in [0, 0.05) is 24.7 Å². The number of nitrogens with zero attached hydrogens (tertiary/aromatic N) is 2. The molecule has 2 aromatic carbocycles. The highest BCUT2D eigenvalue weighted by molar-refractivity contribution is 5.92. The van der Waals surface area contributed by atoms with Crippen molar-refractivity contribution in [3.8, 4) is 5.75 Å². The second kappa shape index (κ2) is 7.34. The van der Waals surface area contributed by atoms with Gasteiger partial charge in [-0.05, 0) is 61.0 Å². The third-order valence-corrected chi connectivity index (χ3v) is 5.10. The van der Waals surface area contributed by atoms with Gasteiger partial charge in [-0.3, -0.25) is 4.90 Å². The van der Waals surface area contributed by atoms with Crippen LogP contribution in [0.1, 0.15) is 24.0 Å². The summed E-state index contributed by atoms with van der Waals surface area (Å²) >= 11 is 0. The molecule has 1 aliphatic rings. The number of hydrogen-bond acceptors (Lipinski definition) is 4. The molecule has 0 spiro atoms. The van der Waals surface area contributed by atoms with Gasteiger partial charge in [-0.2, -0.15) is 0 Å². The van der Waals surface area contributed by atoms with E-state index in [2.05, 4.69) is 59.3 Å². The number of aromatic nitrogens is 1. The highest BCUT2D eigenvalue weighted by atomic mass is 16.5. The van der Waals surface area contributed by atoms with E-state index in [4.69, 9.17) is 10.5 Å². The van der Waals surface area contributed by atoms with E-state index in [1.807, 2.05) is 6.07 Å². The van der Waals surface area contributed by atoms with Gasteiger partial charge in [0.05, 0.1) is 0 Å². The molecule has 1 aromatic heterocycles. The topological polar surface area (TPSA) is 51.4 Å². The average molecular weight is 347 g/mol. The van der Waals surface area contributed by atoms with Gasteiger partial charge in [0.1, 0.15) is 17.7 Å². The quantitative estimate of drug-likeness (QED) is 0.770. The summed E-state index contributed by atoms with van der Waals surface area (Å²) in [6.45, 7) is 5.16. The Morgan fingerprint density at radius 2 is 2.04 bits per heavy atom. The van der Waals surface area contributed by atoms with Crippen LogP contribution in [0.3, 0.4) is 0 Å². The molecule has 4 heteroatoms. The van der Waals surface area contributed by atoms with Crippen molar-refractivity contribution in [1.29, 1.82) is 0 Å². The number of fused-ring (bicyclic) bond motifs is 1. The number of likely N-dealkylation sites (tertiary alicyclic amines) is 1. The van der Waals surface area contributed by atoms with Crippen molar-refractivity contribution >= 4 is 16.6 Å². The number of benzene rings is 2. The first kappa shape index (κ1) is 16.9. The predicted molar refractivity (Wildman–Crippen MR) is 106 cm³/mol. The summed E-state index contributed by atoms with van der Waals surface area (Å²) in [5, 5.41) is 2.07. The molecule has 134 valence electrons. The van der Waals surface area contributed by atoms with Crippen LogP contribution in [0, 0.1) is 6.92 Å². The summed E-state index contributed by atoms with van der Waals surface area (Å²) in [4.78, 5) is 6.66. The van der Waals surface area contributed by atoms with Gasteiger partial charge in [0.25, 0.3) is 0 Å². The fourth-order valence-electron chi connectivity index (χ4n) is 3.73. The van der Waals surface area contributed by atoms with Crippen molar-refractivity contribution in [2.24, 2.45) is 0 Å². The Labute approximate surface area is 154 Å². The molecule has 0 saturated carbocycles. The SMILES string of the molecule is Cc1cc2c(N)nccc2cc1OC1CCCN(Cc2ccccc2)C1. The Bertz CT molecular complexity index is 895. The molecule has 0 bridgehead atoms. The van der Waals surface area contributed by atoms with E-state index in [0.717, 1.165) is 48.1 Å². The largest absolute Gasteiger partial charge is 0.489 e. The van der Waals surface area contributed by atoms with Crippen LogP contribution in [-0.4, -0.2) is 29.1 Å². The number of rotatable bonds is 4. The number of aryl methyl sites for hydroxylation is 1. The lowest BCUT2D eigenvalue weighted by atomic mass is 10.1. The lowest BCUT2D eigenvalue weighted by Gasteiger charge is -2.33. The van der Waals surface area contributed by atoms with Crippen LogP contribution in [0.5, 0.6) is 5.75 Å². The first-order valence-corrected chi connectivity index (χ1v) is 9.27. The molecule has 0 radical (unpaired) electrons. The highest BCUT2D eigenvalue weighted by Gasteiger charge is 2.22. The van der Waals surface area contributed by atoms with Crippen molar-refractivity contribution in [2.45, 2.75) is 32.4 Å². The normalized spacial score (nSPS) is 18.1. The zero-order chi connectivity index (χ0) is 17.9. The smallest absolute Gasteiger partial charge is 0.131 e. The molecule has 0 amide bonds. The van der Waals surface area contributed by atoms with Crippen molar-refractivity contribution in [3.05, 3.63) is 65.9 Å². The molecule has 1 fully saturated rings. The maximum atomic E-state index is 6.40. The predicted octanol–water partition coefficient (Wildman–Crippen LogP) is 4.17. The van der Waals surface area contributed by atoms with E-state index < -0.39 is 0 Å². The molecule has 1 atom stereocenters. The number of ether oxygens (including phenoxy) is 1. The fraction of sp³-hybridized carbons (Fsp3) is 0.318. The van der Waals surface area contributed by atoms with Crippen molar-refractivity contribution < 1.29 is 4.74 Å². The van der Waals surface area contributed by atoms with Crippen molar-refractivity contribution in [2.75, 3.05) is 18.8 Å². The fourth-order valence-corrected chi connectivity index (χ4v) is 3.73. The van der Waals surface area contributed by atoms with E-state index in [1.54, 1.807) is 6.20 Å². The molecule has 3 aromatic rings. The van der Waals surface area contributed by atoms with Crippen LogP contribution in [0.2, 0.25) is 0 Å². The van der Waals surface area contributed by atoms with E-state index in [0.29, 0.717) is 5.82 Å². The summed E-state index contributed by atoms with van der Waals surface area (Å²) in [5.41, 5.74) is 8.46. The van der Waals surface area contributed by atoms with Gasteiger partial charge >= 0.3 is 0 Å². The summed E-state index contributed by atoms with van der Waals surface area (Å²) in [5.74, 6) is 1.53. The molecule has 2 N–H and O–H groups in total. The van der Waals surface area contributed by atoms with Gasteiger partial charge < -0.3 is 10.5 Å². The number of pyridine rings is 1. The van der Waals surface area contributed by atoms with Crippen molar-refractivity contribution in [1.82, 2.24) is 9.88 Å². The Morgan fingerprint density at radius 3 is 2.88 bits per heavy atom. The summed E-state index contributed by atoms with van der Waals surface area (Å²) in [7, 11) is 0. The molecule has 1 aliphatic heterocycles. The Hall–Kier alpha value is -2.59. The minimum absolute atomic E-state index is 0.225. The van der Waals surface area contributed by atoms with E-state index in [1.165, 1.54) is 12.0 Å². The molecule has 2 heterocycles. The number of hydrogen-bond donors (Lipinski definition) is 1. The molecule has 26 heavy (non-hydrogen) atoms. The van der Waals surface area contributed by atoms with E-state index in [9.17, 15) is 0 Å². The molecular weight excluding hydrogens is 322 g/mol. The van der Waals surface area contributed by atoms with Crippen LogP contribution in [-0.2, 0) is 6.54 Å². The lowest BCUT2D eigenvalue weighted by Crippen LogP contribution is -2.40. The van der Waals surface area contributed by atoms with Crippen molar-refractivity contribution in [3.63, 3.8) is 0 Å². The minimum Gasteiger partial charge on any atom is -0.489 e. The van der Waals surface area contributed by atoms with Crippen LogP contribution in [0.15, 0.2) is 54.7 Å². The van der Waals surface area contributed by atoms with Gasteiger partial charge in [0.2, 0.25) is 0 Å². The Balaban J connectivity index is 1.48. The minimum atomic E-state index is 0.225. The van der Waals surface area contributed by atoms with Gasteiger partial charge in [0.15, 0.2) is 0 Å². The molecule has 1 unspecified atom stereocenters.